The van der Waals surface area contributed by atoms with Crippen LogP contribution in [0.15, 0.2) is 48.6 Å². The molecule has 1 atom stereocenters. The summed E-state index contributed by atoms with van der Waals surface area (Å²) in [6.45, 7) is 7.70. The van der Waals surface area contributed by atoms with E-state index in [9.17, 15) is 9.59 Å². The van der Waals surface area contributed by atoms with E-state index in [1.807, 2.05) is 0 Å². The molecule has 5 heteroatoms. The fraction of sp³-hybridized carbons (Fsp3) is 0.818. The van der Waals surface area contributed by atoms with Crippen molar-refractivity contribution in [1.82, 2.24) is 0 Å². The van der Waals surface area contributed by atoms with Gasteiger partial charge in [0.1, 0.15) is 6.61 Å². The maximum atomic E-state index is 12.8. The summed E-state index contributed by atoms with van der Waals surface area (Å²) in [4.78, 5) is 25.3. The normalized spacial score (nSPS) is 12.5. The number of ether oxygens (including phenoxy) is 3. The van der Waals surface area contributed by atoms with Crippen molar-refractivity contribution < 1.29 is 23.8 Å². The molecule has 0 saturated heterocycles. The van der Waals surface area contributed by atoms with Crippen molar-refractivity contribution in [3.63, 3.8) is 0 Å². The van der Waals surface area contributed by atoms with E-state index in [2.05, 4.69) is 69.4 Å². The van der Waals surface area contributed by atoms with E-state index >= 15 is 0 Å². The SMILES string of the molecule is CC/C=C\C/C=C\C/C=C\CCCCCC(=O)OCC(COCCCCCCCCCCCCCCCCCCCC)OC(=O)CCCCCCC/C=C\CCCCCC. The number of hydrogen-bond donors (Lipinski definition) is 0. The van der Waals surface area contributed by atoms with Crippen LogP contribution in [0.25, 0.3) is 0 Å². The van der Waals surface area contributed by atoms with E-state index in [1.165, 1.54) is 148 Å². The zero-order valence-electron chi connectivity index (χ0n) is 40.2. The van der Waals surface area contributed by atoms with Crippen LogP contribution in [0.1, 0.15) is 265 Å². The Morgan fingerprint density at radius 2 is 0.750 bits per heavy atom. The zero-order valence-corrected chi connectivity index (χ0v) is 40.2. The Balaban J connectivity index is 4.25. The van der Waals surface area contributed by atoms with Crippen LogP contribution in [-0.4, -0.2) is 37.9 Å². The molecule has 0 bridgehead atoms. The number of allylic oxidation sites excluding steroid dienone is 8. The second-order valence-corrected chi connectivity index (χ2v) is 17.4. The Kier molecular flexibility index (Phi) is 49.4. The molecular weight excluding hydrogens is 741 g/mol. The van der Waals surface area contributed by atoms with Gasteiger partial charge in [-0.1, -0.05) is 223 Å². The summed E-state index contributed by atoms with van der Waals surface area (Å²) in [6.07, 6.45) is 62.7. The van der Waals surface area contributed by atoms with Crippen molar-refractivity contribution in [1.29, 1.82) is 0 Å². The van der Waals surface area contributed by atoms with Gasteiger partial charge in [0.05, 0.1) is 6.61 Å². The minimum absolute atomic E-state index is 0.0698. The van der Waals surface area contributed by atoms with E-state index < -0.39 is 6.10 Å². The van der Waals surface area contributed by atoms with Crippen LogP contribution in [0, 0.1) is 0 Å². The van der Waals surface area contributed by atoms with Gasteiger partial charge in [-0.3, -0.25) is 9.59 Å². The van der Waals surface area contributed by atoms with Crippen molar-refractivity contribution in [2.75, 3.05) is 19.8 Å². The third kappa shape index (κ3) is 48.5. The van der Waals surface area contributed by atoms with Gasteiger partial charge in [0.25, 0.3) is 0 Å². The third-order valence-electron chi connectivity index (χ3n) is 11.3. The first-order valence-electron chi connectivity index (χ1n) is 26.2. The predicted octanol–water partition coefficient (Wildman–Crippen LogP) is 17.6. The van der Waals surface area contributed by atoms with Gasteiger partial charge in [-0.2, -0.15) is 0 Å². The van der Waals surface area contributed by atoms with Gasteiger partial charge in [-0.05, 0) is 77.0 Å². The highest BCUT2D eigenvalue weighted by molar-refractivity contribution is 5.70. The second-order valence-electron chi connectivity index (χ2n) is 17.4. The smallest absolute Gasteiger partial charge is 0.306 e. The fourth-order valence-corrected chi connectivity index (χ4v) is 7.46. The molecule has 0 aliphatic carbocycles. The quantitative estimate of drug-likeness (QED) is 0.0347. The number of hydrogen-bond acceptors (Lipinski definition) is 5. The van der Waals surface area contributed by atoms with Crippen molar-refractivity contribution in [3.05, 3.63) is 48.6 Å². The molecular formula is C55H100O5. The summed E-state index contributed by atoms with van der Waals surface area (Å²) >= 11 is 0. The van der Waals surface area contributed by atoms with Crippen molar-refractivity contribution in [2.24, 2.45) is 0 Å². The standard InChI is InChI=1S/C55H100O5/c1-4-7-10-13-16-19-22-25-26-27-28-29-32-35-38-41-44-47-50-58-51-53(60-55(57)49-46-43-40-37-34-31-24-21-18-15-12-9-6-3)52-59-54(56)48-45-42-39-36-33-30-23-20-17-14-11-8-5-2/h8,11,17,20-21,24,30,33,53H,4-7,9-10,12-16,18-19,22-23,25-29,31-32,34-52H2,1-3H3/b11-8-,20-17-,24-21-,33-30-. The van der Waals surface area contributed by atoms with E-state index in [4.69, 9.17) is 14.2 Å². The Bertz CT molecular complexity index is 997. The molecule has 0 fully saturated rings. The van der Waals surface area contributed by atoms with Crippen molar-refractivity contribution in [2.45, 2.75) is 271 Å². The van der Waals surface area contributed by atoms with Gasteiger partial charge >= 0.3 is 11.9 Å². The highest BCUT2D eigenvalue weighted by Crippen LogP contribution is 2.15. The molecule has 0 aromatic rings. The Labute approximate surface area is 373 Å². The largest absolute Gasteiger partial charge is 0.462 e. The topological polar surface area (TPSA) is 61.8 Å². The first kappa shape index (κ1) is 57.9. The number of unbranched alkanes of at least 4 members (excludes halogenated alkanes) is 29. The third-order valence-corrected chi connectivity index (χ3v) is 11.3. The summed E-state index contributed by atoms with van der Waals surface area (Å²) in [7, 11) is 0. The zero-order chi connectivity index (χ0) is 43.5. The van der Waals surface area contributed by atoms with Crippen molar-refractivity contribution >= 4 is 11.9 Å². The molecule has 0 heterocycles. The lowest BCUT2D eigenvalue weighted by Gasteiger charge is -2.18. The average molecular weight is 841 g/mol. The predicted molar refractivity (Wildman–Crippen MR) is 261 cm³/mol. The minimum Gasteiger partial charge on any atom is -0.462 e. The number of esters is 2. The molecule has 0 radical (unpaired) electrons. The van der Waals surface area contributed by atoms with Crippen LogP contribution >= 0.6 is 0 Å². The molecule has 5 nitrogen and oxygen atoms in total. The van der Waals surface area contributed by atoms with Gasteiger partial charge in [-0.15, -0.1) is 0 Å². The molecule has 0 amide bonds. The van der Waals surface area contributed by atoms with Crippen LogP contribution in [-0.2, 0) is 23.8 Å². The summed E-state index contributed by atoms with van der Waals surface area (Å²) in [5.41, 5.74) is 0. The molecule has 0 saturated carbocycles. The number of carbonyl (C=O) groups is 2. The molecule has 0 aliphatic rings. The van der Waals surface area contributed by atoms with Crippen LogP contribution in [0.3, 0.4) is 0 Å². The van der Waals surface area contributed by atoms with Crippen LogP contribution in [0.2, 0.25) is 0 Å². The molecule has 0 aliphatic heterocycles. The molecule has 0 rings (SSSR count). The molecule has 1 unspecified atom stereocenters. The minimum atomic E-state index is -0.549. The van der Waals surface area contributed by atoms with Crippen LogP contribution in [0.4, 0.5) is 0 Å². The Morgan fingerprint density at radius 3 is 1.25 bits per heavy atom. The van der Waals surface area contributed by atoms with E-state index in [0.29, 0.717) is 19.4 Å². The fourth-order valence-electron chi connectivity index (χ4n) is 7.46. The summed E-state index contributed by atoms with van der Waals surface area (Å²) in [5, 5.41) is 0. The van der Waals surface area contributed by atoms with Crippen LogP contribution in [0.5, 0.6) is 0 Å². The lowest BCUT2D eigenvalue weighted by Crippen LogP contribution is -2.30. The molecule has 60 heavy (non-hydrogen) atoms. The van der Waals surface area contributed by atoms with Gasteiger partial charge < -0.3 is 14.2 Å². The highest BCUT2D eigenvalue weighted by Gasteiger charge is 2.17. The Hall–Kier alpha value is -2.14. The molecule has 0 spiro atoms. The maximum Gasteiger partial charge on any atom is 0.306 e. The lowest BCUT2D eigenvalue weighted by molar-refractivity contribution is -0.163. The first-order valence-corrected chi connectivity index (χ1v) is 26.2. The Morgan fingerprint density at radius 1 is 0.383 bits per heavy atom. The van der Waals surface area contributed by atoms with Gasteiger partial charge in [0.15, 0.2) is 6.10 Å². The highest BCUT2D eigenvalue weighted by atomic mass is 16.6. The molecule has 0 aromatic carbocycles. The second kappa shape index (κ2) is 51.2. The molecule has 0 N–H and O–H groups in total. The summed E-state index contributed by atoms with van der Waals surface area (Å²) in [6, 6.07) is 0. The number of rotatable bonds is 48. The summed E-state index contributed by atoms with van der Waals surface area (Å²) in [5.74, 6) is -0.431. The average Bonchev–Trinajstić information content (AvgIpc) is 3.25. The molecule has 350 valence electrons. The monoisotopic (exact) mass is 841 g/mol. The lowest BCUT2D eigenvalue weighted by atomic mass is 10.0. The van der Waals surface area contributed by atoms with Gasteiger partial charge in [0.2, 0.25) is 0 Å². The number of carbonyl (C=O) groups excluding carboxylic acids is 2. The first-order chi connectivity index (χ1) is 29.6. The van der Waals surface area contributed by atoms with E-state index in [0.717, 1.165) is 83.5 Å². The molecule has 0 aromatic heterocycles. The van der Waals surface area contributed by atoms with Crippen LogP contribution < -0.4 is 0 Å². The van der Waals surface area contributed by atoms with Crippen molar-refractivity contribution in [3.8, 4) is 0 Å². The van der Waals surface area contributed by atoms with E-state index in [-0.39, 0.29) is 25.2 Å². The van der Waals surface area contributed by atoms with E-state index in [1.54, 1.807) is 0 Å². The maximum absolute atomic E-state index is 12.8. The van der Waals surface area contributed by atoms with Gasteiger partial charge in [0, 0.05) is 19.4 Å². The summed E-state index contributed by atoms with van der Waals surface area (Å²) < 4.78 is 17.4. The van der Waals surface area contributed by atoms with Gasteiger partial charge in [-0.25, -0.2) is 0 Å².